The molecule has 0 aliphatic rings. The van der Waals surface area contributed by atoms with E-state index in [9.17, 15) is 13.2 Å². The Hall–Kier alpha value is -0.990. The summed E-state index contributed by atoms with van der Waals surface area (Å²) in [6.45, 7) is 8.25. The number of hydrogen-bond acceptors (Lipinski definition) is 0. The van der Waals surface area contributed by atoms with E-state index in [-0.39, 0.29) is 0 Å². The van der Waals surface area contributed by atoms with Crippen LogP contribution in [-0.2, 0) is 0 Å². The largest absolute Gasteiger partial charge is 0.207 e. The van der Waals surface area contributed by atoms with E-state index in [2.05, 4.69) is 13.8 Å². The lowest BCUT2D eigenvalue weighted by atomic mass is 10.3. The van der Waals surface area contributed by atoms with Crippen LogP contribution in [0.3, 0.4) is 0 Å². The van der Waals surface area contributed by atoms with Gasteiger partial charge >= 0.3 is 0 Å². The molecule has 0 aromatic heterocycles. The molecule has 0 saturated heterocycles. The Bertz CT molecular complexity index is 234. The zero-order valence-corrected chi connectivity index (χ0v) is 9.07. The Morgan fingerprint density at radius 3 is 1.64 bits per heavy atom. The highest BCUT2D eigenvalue weighted by Crippen LogP contribution is 2.05. The Morgan fingerprint density at radius 2 is 1.36 bits per heavy atom. The summed E-state index contributed by atoms with van der Waals surface area (Å²) in [6.07, 6.45) is 1.25. The Balaban J connectivity index is 0. The fourth-order valence-corrected chi connectivity index (χ4v) is 0.470. The summed E-state index contributed by atoms with van der Waals surface area (Å²) in [5.41, 5.74) is 0. The highest BCUT2D eigenvalue weighted by molar-refractivity contribution is 5.07. The van der Waals surface area contributed by atoms with Crippen molar-refractivity contribution in [2.75, 3.05) is 0 Å². The van der Waals surface area contributed by atoms with E-state index in [4.69, 9.17) is 0 Å². The van der Waals surface area contributed by atoms with E-state index in [1.54, 1.807) is 0 Å². The molecule has 3 heteroatoms. The number of hydrogen-bond donors (Lipinski definition) is 0. The molecule has 0 unspecified atom stereocenters. The topological polar surface area (TPSA) is 0 Å². The van der Waals surface area contributed by atoms with Crippen LogP contribution >= 0.6 is 0 Å². The Labute approximate surface area is 83.8 Å². The molecular formula is C11H17F3. The van der Waals surface area contributed by atoms with Gasteiger partial charge in [-0.15, -0.1) is 0 Å². The summed E-state index contributed by atoms with van der Waals surface area (Å²) >= 11 is 0. The minimum Gasteiger partial charge on any atom is -0.207 e. The minimum atomic E-state index is -1.16. The fraction of sp³-hybridized carbons (Fsp3) is 0.455. The summed E-state index contributed by atoms with van der Waals surface area (Å²) in [7, 11) is 0. The zero-order valence-electron chi connectivity index (χ0n) is 9.07. The smallest absolute Gasteiger partial charge is 0.161 e. The molecule has 0 nitrogen and oxygen atoms in total. The molecule has 1 rings (SSSR count). The van der Waals surface area contributed by atoms with E-state index in [1.807, 2.05) is 13.8 Å². The van der Waals surface area contributed by atoms with Crippen LogP contribution in [0.2, 0.25) is 0 Å². The van der Waals surface area contributed by atoms with Crippen LogP contribution in [0.25, 0.3) is 0 Å². The summed E-state index contributed by atoms with van der Waals surface area (Å²) in [5.74, 6) is -2.96. The van der Waals surface area contributed by atoms with Gasteiger partial charge < -0.3 is 0 Å². The highest BCUT2D eigenvalue weighted by atomic mass is 19.2. The summed E-state index contributed by atoms with van der Waals surface area (Å²) in [5, 5.41) is 0. The van der Waals surface area contributed by atoms with Crippen LogP contribution in [0.1, 0.15) is 34.1 Å². The van der Waals surface area contributed by atoms with Crippen molar-refractivity contribution in [1.29, 1.82) is 0 Å². The van der Waals surface area contributed by atoms with E-state index >= 15 is 0 Å². The predicted molar refractivity (Wildman–Crippen MR) is 53.6 cm³/mol. The third-order valence-corrected chi connectivity index (χ3v) is 0.882. The monoisotopic (exact) mass is 206 g/mol. The number of benzene rings is 1. The predicted octanol–water partition coefficient (Wildman–Crippen LogP) is 4.55. The molecular weight excluding hydrogens is 189 g/mol. The second-order valence-corrected chi connectivity index (χ2v) is 2.27. The molecule has 0 bridgehead atoms. The molecule has 82 valence electrons. The summed E-state index contributed by atoms with van der Waals surface area (Å²) in [4.78, 5) is 0. The quantitative estimate of drug-likeness (QED) is 0.546. The van der Waals surface area contributed by atoms with Gasteiger partial charge in [-0.1, -0.05) is 34.1 Å². The van der Waals surface area contributed by atoms with Gasteiger partial charge in [0.25, 0.3) is 0 Å². The van der Waals surface area contributed by atoms with Crippen molar-refractivity contribution < 1.29 is 13.2 Å². The SMILES string of the molecule is CC.CCC.Fc1ccc(F)c(F)c1. The summed E-state index contributed by atoms with van der Waals surface area (Å²) in [6, 6.07) is 2.10. The van der Waals surface area contributed by atoms with E-state index in [0.29, 0.717) is 6.07 Å². The Kier molecular flexibility index (Phi) is 11.2. The molecule has 0 aliphatic carbocycles. The standard InChI is InChI=1S/C6H3F3.C3H8.C2H6/c7-4-1-2-5(8)6(9)3-4;1-3-2;1-2/h1-3H;3H2,1-2H3;1-2H3. The van der Waals surface area contributed by atoms with Crippen molar-refractivity contribution >= 4 is 0 Å². The maximum Gasteiger partial charge on any atom is 0.161 e. The van der Waals surface area contributed by atoms with Gasteiger partial charge in [-0.3, -0.25) is 0 Å². The van der Waals surface area contributed by atoms with Crippen molar-refractivity contribution in [2.24, 2.45) is 0 Å². The van der Waals surface area contributed by atoms with Crippen molar-refractivity contribution in [3.8, 4) is 0 Å². The molecule has 14 heavy (non-hydrogen) atoms. The van der Waals surface area contributed by atoms with Crippen molar-refractivity contribution in [1.82, 2.24) is 0 Å². The molecule has 1 aromatic carbocycles. The van der Waals surface area contributed by atoms with Crippen molar-refractivity contribution in [3.63, 3.8) is 0 Å². The van der Waals surface area contributed by atoms with Crippen LogP contribution < -0.4 is 0 Å². The van der Waals surface area contributed by atoms with Gasteiger partial charge in [0.2, 0.25) is 0 Å². The molecule has 0 radical (unpaired) electrons. The molecule has 1 aromatic rings. The van der Waals surface area contributed by atoms with Crippen molar-refractivity contribution in [2.45, 2.75) is 34.1 Å². The van der Waals surface area contributed by atoms with Crippen LogP contribution in [0.5, 0.6) is 0 Å². The first-order valence-corrected chi connectivity index (χ1v) is 4.72. The molecule has 0 atom stereocenters. The normalized spacial score (nSPS) is 7.93. The van der Waals surface area contributed by atoms with Crippen LogP contribution in [0.15, 0.2) is 18.2 Å². The maximum absolute atomic E-state index is 12.0. The van der Waals surface area contributed by atoms with Crippen molar-refractivity contribution in [3.05, 3.63) is 35.7 Å². The molecule has 0 aliphatic heterocycles. The van der Waals surface area contributed by atoms with Gasteiger partial charge in [0, 0.05) is 6.07 Å². The first-order chi connectivity index (χ1) is 6.61. The minimum absolute atomic E-state index is 0.495. The average molecular weight is 206 g/mol. The summed E-state index contributed by atoms with van der Waals surface area (Å²) < 4.78 is 35.9. The fourth-order valence-electron chi connectivity index (χ4n) is 0.470. The maximum atomic E-state index is 12.0. The first-order valence-electron chi connectivity index (χ1n) is 4.72. The molecule has 0 spiro atoms. The zero-order chi connectivity index (χ0) is 11.6. The lowest BCUT2D eigenvalue weighted by Crippen LogP contribution is -1.83. The van der Waals surface area contributed by atoms with E-state index in [0.717, 1.165) is 12.1 Å². The van der Waals surface area contributed by atoms with Gasteiger partial charge in [0.15, 0.2) is 11.6 Å². The molecule has 0 fully saturated rings. The van der Waals surface area contributed by atoms with Crippen LogP contribution in [-0.4, -0.2) is 0 Å². The third-order valence-electron chi connectivity index (χ3n) is 0.882. The Morgan fingerprint density at radius 1 is 0.929 bits per heavy atom. The van der Waals surface area contributed by atoms with Gasteiger partial charge in [0.1, 0.15) is 5.82 Å². The number of rotatable bonds is 0. The third kappa shape index (κ3) is 7.65. The lowest BCUT2D eigenvalue weighted by molar-refractivity contribution is 0.495. The van der Waals surface area contributed by atoms with E-state index < -0.39 is 17.5 Å². The second kappa shape index (κ2) is 10.1. The molecule has 0 heterocycles. The highest BCUT2D eigenvalue weighted by Gasteiger charge is 1.99. The molecule has 0 N–H and O–H groups in total. The van der Waals surface area contributed by atoms with Crippen LogP contribution in [0.4, 0.5) is 13.2 Å². The number of halogens is 3. The van der Waals surface area contributed by atoms with E-state index in [1.165, 1.54) is 6.42 Å². The molecule has 0 saturated carbocycles. The molecule has 0 amide bonds. The lowest BCUT2D eigenvalue weighted by Gasteiger charge is -1.88. The van der Waals surface area contributed by atoms with Crippen LogP contribution in [0, 0.1) is 17.5 Å². The second-order valence-electron chi connectivity index (χ2n) is 2.27. The van der Waals surface area contributed by atoms with Gasteiger partial charge in [0.05, 0.1) is 0 Å². The van der Waals surface area contributed by atoms with Gasteiger partial charge in [-0.05, 0) is 12.1 Å². The average Bonchev–Trinajstić information content (AvgIpc) is 2.17. The van der Waals surface area contributed by atoms with Gasteiger partial charge in [-0.25, -0.2) is 13.2 Å². The van der Waals surface area contributed by atoms with Gasteiger partial charge in [-0.2, -0.15) is 0 Å². The first kappa shape index (κ1) is 15.5.